The average molecular weight is 979 g/mol. The van der Waals surface area contributed by atoms with E-state index in [9.17, 15) is 9.59 Å². The van der Waals surface area contributed by atoms with Crippen LogP contribution in [0.2, 0.25) is 0 Å². The summed E-state index contributed by atoms with van der Waals surface area (Å²) in [5.41, 5.74) is 6.83. The van der Waals surface area contributed by atoms with Crippen LogP contribution in [0.15, 0.2) is 73.3 Å². The zero-order valence-electron chi connectivity index (χ0n) is 39.9. The van der Waals surface area contributed by atoms with E-state index in [0.29, 0.717) is 101 Å². The van der Waals surface area contributed by atoms with Gasteiger partial charge in [0.1, 0.15) is 30.8 Å². The van der Waals surface area contributed by atoms with Crippen molar-refractivity contribution in [3.8, 4) is 45.5 Å². The number of para-hydroxylation sites is 2. The van der Waals surface area contributed by atoms with Crippen molar-refractivity contribution in [1.29, 1.82) is 0 Å². The molecule has 18 heteroatoms. The Morgan fingerprint density at radius 2 is 1.42 bits per heavy atom. The number of carbonyl (C=O) groups is 2. The lowest BCUT2D eigenvalue weighted by Crippen LogP contribution is -2.41. The van der Waals surface area contributed by atoms with Crippen molar-refractivity contribution in [2.24, 2.45) is 5.92 Å². The number of ether oxygens (including phenoxy) is 4. The fraction of sp³-hybridized carbons (Fsp3) is 0.407. The molecule has 2 saturated heterocycles. The molecule has 1 spiro atoms. The first-order valence-electron chi connectivity index (χ1n) is 25.3. The van der Waals surface area contributed by atoms with E-state index in [0.717, 1.165) is 75.1 Å². The minimum Gasteiger partial charge on any atom is -0.492 e. The van der Waals surface area contributed by atoms with Gasteiger partial charge >= 0.3 is 0 Å². The van der Waals surface area contributed by atoms with Crippen molar-refractivity contribution in [2.45, 2.75) is 74.5 Å². The molecular weight excluding hydrogens is 923 g/mol. The number of nitrogens with zero attached hydrogens (tertiary/aromatic N) is 4. The third-order valence-electron chi connectivity index (χ3n) is 16.4. The Bertz CT molecular complexity index is 3120. The van der Waals surface area contributed by atoms with Crippen LogP contribution in [0, 0.1) is 17.6 Å². The summed E-state index contributed by atoms with van der Waals surface area (Å²) < 4.78 is 57.1. The molecule has 10 heterocycles. The van der Waals surface area contributed by atoms with Crippen LogP contribution in [0.1, 0.15) is 83.0 Å². The van der Waals surface area contributed by atoms with Gasteiger partial charge in [0.05, 0.1) is 64.8 Å². The van der Waals surface area contributed by atoms with E-state index in [-0.39, 0.29) is 53.2 Å². The predicted molar refractivity (Wildman–Crippen MR) is 265 cm³/mol. The second-order valence-corrected chi connectivity index (χ2v) is 20.4. The number of hydrogen-bond donors (Lipinski definition) is 6. The Morgan fingerprint density at radius 1 is 0.750 bits per heavy atom. The molecule has 6 atom stereocenters. The van der Waals surface area contributed by atoms with Gasteiger partial charge in [0.15, 0.2) is 23.1 Å². The highest BCUT2D eigenvalue weighted by Crippen LogP contribution is 2.60. The number of anilines is 4. The summed E-state index contributed by atoms with van der Waals surface area (Å²) in [6.45, 7) is 5.05. The molecule has 1 aliphatic carbocycles. The molecule has 6 aliphatic heterocycles. The number of amides is 2. The van der Waals surface area contributed by atoms with Crippen LogP contribution in [0.4, 0.5) is 31.5 Å². The number of carbonyl (C=O) groups excluding carboxylic acids is 2. The molecule has 16 nitrogen and oxygen atoms in total. The summed E-state index contributed by atoms with van der Waals surface area (Å²) in [5.74, 6) is -0.0132. The zero-order valence-corrected chi connectivity index (χ0v) is 39.9. The molecule has 7 aliphatic rings. The highest BCUT2D eigenvalue weighted by molar-refractivity contribution is 6.08. The van der Waals surface area contributed by atoms with E-state index in [4.69, 9.17) is 18.9 Å². The number of H-pyrrole nitrogens is 2. The molecule has 4 aromatic heterocycles. The van der Waals surface area contributed by atoms with Gasteiger partial charge in [-0.2, -0.15) is 0 Å². The predicted octanol–water partition coefficient (Wildman–Crippen LogP) is 8.01. The number of benzene rings is 2. The van der Waals surface area contributed by atoms with Gasteiger partial charge in [0.25, 0.3) is 11.8 Å². The van der Waals surface area contributed by atoms with E-state index >= 15 is 8.78 Å². The van der Waals surface area contributed by atoms with E-state index in [1.807, 2.05) is 12.1 Å². The van der Waals surface area contributed by atoms with E-state index in [2.05, 4.69) is 51.0 Å². The van der Waals surface area contributed by atoms with Crippen LogP contribution in [-0.2, 0) is 5.41 Å². The van der Waals surface area contributed by atoms with Gasteiger partial charge in [-0.1, -0.05) is 12.1 Å². The molecule has 2 amide bonds. The number of hydrogen-bond acceptors (Lipinski definition) is 12. The largest absolute Gasteiger partial charge is 0.492 e. The average Bonchev–Trinajstić information content (AvgIpc) is 3.85. The van der Waals surface area contributed by atoms with Gasteiger partial charge in [-0.25, -0.2) is 8.78 Å². The van der Waals surface area contributed by atoms with Gasteiger partial charge in [-0.05, 0) is 100 Å². The van der Waals surface area contributed by atoms with Gasteiger partial charge < -0.3 is 50.2 Å². The van der Waals surface area contributed by atoms with Crippen LogP contribution >= 0.6 is 0 Å². The summed E-state index contributed by atoms with van der Waals surface area (Å²) in [6.07, 6.45) is 12.7. The number of nitrogens with one attached hydrogen (secondary N) is 6. The molecule has 6 aromatic rings. The maximum absolute atomic E-state index is 16.5. The molecule has 2 unspecified atom stereocenters. The maximum Gasteiger partial charge on any atom is 0.255 e. The van der Waals surface area contributed by atoms with E-state index in [1.165, 1.54) is 19.2 Å². The summed E-state index contributed by atoms with van der Waals surface area (Å²) in [4.78, 5) is 49.1. The maximum atomic E-state index is 16.5. The number of halogens is 2. The summed E-state index contributed by atoms with van der Waals surface area (Å²) >= 11 is 0. The minimum atomic E-state index is -0.532. The molecule has 72 heavy (non-hydrogen) atoms. The first-order chi connectivity index (χ1) is 35.2. The smallest absolute Gasteiger partial charge is 0.255 e. The third-order valence-corrected chi connectivity index (χ3v) is 16.4. The van der Waals surface area contributed by atoms with Gasteiger partial charge in [0, 0.05) is 84.4 Å². The van der Waals surface area contributed by atoms with Crippen molar-refractivity contribution in [2.75, 3.05) is 70.2 Å². The quantitative estimate of drug-likeness (QED) is 0.0908. The molecule has 3 fully saturated rings. The van der Waals surface area contributed by atoms with Crippen LogP contribution in [0.5, 0.6) is 23.0 Å². The van der Waals surface area contributed by atoms with Crippen molar-refractivity contribution in [3.63, 3.8) is 0 Å². The topological polar surface area (TPSA) is 183 Å². The summed E-state index contributed by atoms with van der Waals surface area (Å²) in [5, 5.41) is 13.3. The monoisotopic (exact) mass is 978 g/mol. The first kappa shape index (κ1) is 44.7. The number of aromatic nitrogens is 4. The van der Waals surface area contributed by atoms with Gasteiger partial charge in [0.2, 0.25) is 0 Å². The molecule has 372 valence electrons. The molecule has 6 N–H and O–H groups in total. The number of fused-ring (bicyclic) bond motifs is 8. The highest BCUT2D eigenvalue weighted by Gasteiger charge is 2.60. The van der Waals surface area contributed by atoms with Crippen molar-refractivity contribution in [3.05, 3.63) is 107 Å². The summed E-state index contributed by atoms with van der Waals surface area (Å²) in [7, 11) is 1.41. The second kappa shape index (κ2) is 17.8. The summed E-state index contributed by atoms with van der Waals surface area (Å²) in [6, 6.07) is 13.4. The van der Waals surface area contributed by atoms with Crippen LogP contribution in [-0.4, -0.2) is 119 Å². The lowest BCUT2D eigenvalue weighted by Gasteiger charge is -2.27. The van der Waals surface area contributed by atoms with Crippen LogP contribution in [0.3, 0.4) is 0 Å². The highest BCUT2D eigenvalue weighted by atomic mass is 19.1. The Balaban J connectivity index is 0.813. The normalized spacial score (nSPS) is 25.5. The Morgan fingerprint density at radius 3 is 2.17 bits per heavy atom. The molecule has 2 aromatic carbocycles. The van der Waals surface area contributed by atoms with Crippen molar-refractivity contribution < 1.29 is 37.3 Å². The van der Waals surface area contributed by atoms with Crippen molar-refractivity contribution in [1.82, 2.24) is 40.4 Å². The van der Waals surface area contributed by atoms with Crippen LogP contribution < -0.4 is 40.2 Å². The first-order valence-corrected chi connectivity index (χ1v) is 25.3. The fourth-order valence-electron chi connectivity index (χ4n) is 12.6. The fourth-order valence-corrected chi connectivity index (χ4v) is 12.6. The van der Waals surface area contributed by atoms with E-state index in [1.54, 1.807) is 49.1 Å². The van der Waals surface area contributed by atoms with Crippen molar-refractivity contribution >= 4 is 34.6 Å². The second-order valence-electron chi connectivity index (χ2n) is 20.4. The standard InChI is InChI=1S/C54H56F2N10O6/c1-69-49-36(55)8-2-10-38(49)61-48-43-51-54(28-60-53(43)68)21-30(54)14-19-66-25-33(20-32(66)27-71-41-24-58-16-13-35(41)46(48)64-51)72-50-37(56)9-3-11-39(50)62-47-42-44-29(22-59-52(42)67)6-4-17-65-18-5-7-31(65)26-70-40-23-57-15-12-34(40)45(47)63-44/h2-3,8-13,15-16,23-24,29-33,61-64H,4-7,14,17-22,25-28H2,1H3,(H,59,67)(H,60,68)/t29-,30+,31+,32+,33?,54?/m1/s1. The SMILES string of the molecule is COc1c(F)cccc1Nc1c2[nH]c3c1C(=O)NCC31C[C@@H]1CCN1CC(Oc3c(F)cccc3Nc3c4[nH]c5c3C(=O)NC[C@H]5CCCN3CCC[C@H]3COc3cnccc3-4)C[C@H]1COc1cnccc1-2. The Kier molecular flexibility index (Phi) is 11.1. The number of aromatic amines is 2. The zero-order chi connectivity index (χ0) is 48.7. The lowest BCUT2D eigenvalue weighted by atomic mass is 9.90. The third kappa shape index (κ3) is 7.59. The number of pyridine rings is 2. The lowest BCUT2D eigenvalue weighted by molar-refractivity contribution is 0.0929. The van der Waals surface area contributed by atoms with Gasteiger partial charge in [-0.3, -0.25) is 29.4 Å². The molecule has 1 saturated carbocycles. The Labute approximate surface area is 414 Å². The molecule has 4 bridgehead atoms. The van der Waals surface area contributed by atoms with E-state index < -0.39 is 17.7 Å². The number of rotatable bonds is 7. The molecular formula is C54H56F2N10O6. The van der Waals surface area contributed by atoms with Gasteiger partial charge in [-0.15, -0.1) is 0 Å². The Hall–Kier alpha value is -7.18. The van der Waals surface area contributed by atoms with Crippen LogP contribution in [0.25, 0.3) is 22.5 Å². The minimum absolute atomic E-state index is 0.0328. The molecule has 13 rings (SSSR count). The number of methoxy groups -OCH3 is 1. The molecule has 0 radical (unpaired) electrons.